The number of hydrogen-bond acceptors (Lipinski definition) is 9. The topological polar surface area (TPSA) is 181 Å². The SMILES string of the molecule is Nc1cc[nH]c(=O)n1.c1ncc2nc[nH]c2n1.c1ncc2nc[nH]c2n1. The Morgan fingerprint density at radius 1 is 0.808 bits per heavy atom. The molecule has 0 aromatic carbocycles. The molecule has 0 aliphatic carbocycles. The van der Waals surface area contributed by atoms with E-state index in [1.54, 1.807) is 25.0 Å². The highest BCUT2D eigenvalue weighted by molar-refractivity contribution is 5.67. The van der Waals surface area contributed by atoms with Crippen molar-refractivity contribution < 1.29 is 0 Å². The molecule has 0 aliphatic heterocycles. The average molecular weight is 351 g/mol. The second-order valence-electron chi connectivity index (χ2n) is 4.64. The van der Waals surface area contributed by atoms with E-state index in [2.05, 4.69) is 49.8 Å². The van der Waals surface area contributed by atoms with Crippen LogP contribution in [0.4, 0.5) is 5.82 Å². The van der Waals surface area contributed by atoms with E-state index in [-0.39, 0.29) is 5.82 Å². The van der Waals surface area contributed by atoms with Crippen LogP contribution in [0.2, 0.25) is 0 Å². The number of imidazole rings is 2. The van der Waals surface area contributed by atoms with Crippen molar-refractivity contribution >= 4 is 28.1 Å². The molecule has 5 aromatic heterocycles. The molecule has 5 rings (SSSR count). The van der Waals surface area contributed by atoms with Crippen LogP contribution in [0.1, 0.15) is 0 Å². The van der Waals surface area contributed by atoms with E-state index >= 15 is 0 Å². The normalized spacial score (nSPS) is 9.85. The molecule has 0 radical (unpaired) electrons. The number of aromatic nitrogens is 10. The van der Waals surface area contributed by atoms with Crippen molar-refractivity contribution in [1.29, 1.82) is 0 Å². The minimum absolute atomic E-state index is 0.244. The summed E-state index contributed by atoms with van der Waals surface area (Å²) in [7, 11) is 0. The maximum atomic E-state index is 10.2. The first-order valence-electron chi connectivity index (χ1n) is 7.22. The molecule has 0 spiro atoms. The first kappa shape index (κ1) is 16.6. The number of rotatable bonds is 0. The molecule has 0 aliphatic rings. The first-order valence-corrected chi connectivity index (χ1v) is 7.22. The Morgan fingerprint density at radius 2 is 1.38 bits per heavy atom. The first-order chi connectivity index (χ1) is 12.7. The maximum absolute atomic E-state index is 10.2. The van der Waals surface area contributed by atoms with Gasteiger partial charge in [-0.25, -0.2) is 34.7 Å². The lowest BCUT2D eigenvalue weighted by Gasteiger charge is -1.83. The van der Waals surface area contributed by atoms with Gasteiger partial charge in [-0.05, 0) is 6.07 Å². The number of fused-ring (bicyclic) bond motifs is 2. The van der Waals surface area contributed by atoms with Crippen LogP contribution < -0.4 is 11.4 Å². The van der Waals surface area contributed by atoms with Gasteiger partial charge in [0.25, 0.3) is 0 Å². The van der Waals surface area contributed by atoms with Gasteiger partial charge in [0.15, 0.2) is 11.3 Å². The van der Waals surface area contributed by atoms with Crippen LogP contribution in [0.3, 0.4) is 0 Å². The average Bonchev–Trinajstić information content (AvgIpc) is 3.32. The summed E-state index contributed by atoms with van der Waals surface area (Å²) in [6.45, 7) is 0. The Balaban J connectivity index is 0.000000113. The highest BCUT2D eigenvalue weighted by atomic mass is 16.1. The van der Waals surface area contributed by atoms with Crippen LogP contribution in [0.25, 0.3) is 22.3 Å². The third-order valence-corrected chi connectivity index (χ3v) is 2.89. The standard InChI is InChI=1S/2C5H4N4.C4H5N3O/c2*1-4-5(8-2-6-1)9-3-7-4;5-3-1-2-6-4(8)7-3/h2*1-3H,(H,6,7,8,9);1-2H,(H3,5,6,7,8). The predicted octanol–water partition coefficient (Wildman–Crippen LogP) is 0.0579. The smallest absolute Gasteiger partial charge is 0.346 e. The van der Waals surface area contributed by atoms with Crippen LogP contribution in [-0.4, -0.2) is 49.8 Å². The van der Waals surface area contributed by atoms with Gasteiger partial charge in [0, 0.05) is 6.20 Å². The highest BCUT2D eigenvalue weighted by Crippen LogP contribution is 1.99. The van der Waals surface area contributed by atoms with Gasteiger partial charge in [0.2, 0.25) is 0 Å². The lowest BCUT2D eigenvalue weighted by molar-refractivity contribution is 1.08. The van der Waals surface area contributed by atoms with E-state index in [1.165, 1.54) is 24.9 Å². The van der Waals surface area contributed by atoms with Gasteiger partial charge in [-0.15, -0.1) is 0 Å². The van der Waals surface area contributed by atoms with Gasteiger partial charge in [-0.3, -0.25) is 0 Å². The number of anilines is 1. The number of H-pyrrole nitrogens is 3. The van der Waals surface area contributed by atoms with Crippen LogP contribution in [0.15, 0.2) is 54.8 Å². The van der Waals surface area contributed by atoms with E-state index in [0.717, 1.165) is 22.3 Å². The van der Waals surface area contributed by atoms with Gasteiger partial charge in [0.05, 0.1) is 25.0 Å². The lowest BCUT2D eigenvalue weighted by Crippen LogP contribution is -2.10. The van der Waals surface area contributed by atoms with Gasteiger partial charge >= 0.3 is 5.69 Å². The number of nitrogens with zero attached hydrogens (tertiary/aromatic N) is 7. The zero-order valence-electron chi connectivity index (χ0n) is 13.2. The third kappa shape index (κ3) is 4.41. The Bertz CT molecular complexity index is 1020. The highest BCUT2D eigenvalue weighted by Gasteiger charge is 1.92. The molecule has 26 heavy (non-hydrogen) atoms. The largest absolute Gasteiger partial charge is 0.383 e. The molecule has 0 atom stereocenters. The van der Waals surface area contributed by atoms with Crippen LogP contribution in [-0.2, 0) is 0 Å². The van der Waals surface area contributed by atoms with E-state index < -0.39 is 5.69 Å². The minimum atomic E-state index is -0.412. The third-order valence-electron chi connectivity index (χ3n) is 2.89. The molecule has 5 heterocycles. The molecule has 5 aromatic rings. The number of aromatic amines is 3. The fraction of sp³-hybridized carbons (Fsp3) is 0. The quantitative estimate of drug-likeness (QED) is 0.300. The molecule has 12 nitrogen and oxygen atoms in total. The van der Waals surface area contributed by atoms with Gasteiger partial charge < -0.3 is 20.7 Å². The summed E-state index contributed by atoms with van der Waals surface area (Å²) >= 11 is 0. The van der Waals surface area contributed by atoms with Crippen molar-refractivity contribution in [2.45, 2.75) is 0 Å². The van der Waals surface area contributed by atoms with E-state index in [4.69, 9.17) is 5.73 Å². The van der Waals surface area contributed by atoms with Crippen molar-refractivity contribution in [2.24, 2.45) is 0 Å². The number of nitrogens with one attached hydrogen (secondary N) is 3. The summed E-state index contributed by atoms with van der Waals surface area (Å²) < 4.78 is 0. The molecular weight excluding hydrogens is 338 g/mol. The molecule has 0 bridgehead atoms. The van der Waals surface area contributed by atoms with Crippen LogP contribution >= 0.6 is 0 Å². The number of nitrogen functional groups attached to an aromatic ring is 1. The summed E-state index contributed by atoms with van der Waals surface area (Å²) in [4.78, 5) is 44.9. The molecule has 12 heteroatoms. The summed E-state index contributed by atoms with van der Waals surface area (Å²) in [5.41, 5.74) is 7.89. The fourth-order valence-electron chi connectivity index (χ4n) is 1.77. The molecule has 0 fully saturated rings. The van der Waals surface area contributed by atoms with Gasteiger partial charge in [-0.1, -0.05) is 0 Å². The maximum Gasteiger partial charge on any atom is 0.346 e. The van der Waals surface area contributed by atoms with Gasteiger partial charge in [0.1, 0.15) is 29.5 Å². The van der Waals surface area contributed by atoms with Crippen molar-refractivity contribution in [2.75, 3.05) is 5.73 Å². The Morgan fingerprint density at radius 3 is 1.81 bits per heavy atom. The monoisotopic (exact) mass is 351 g/mol. The zero-order chi connectivity index (χ0) is 18.2. The van der Waals surface area contributed by atoms with Crippen molar-refractivity contribution in [1.82, 2.24) is 49.8 Å². The second-order valence-corrected chi connectivity index (χ2v) is 4.64. The molecule has 5 N–H and O–H groups in total. The Labute approximate surface area is 145 Å². The second kappa shape index (κ2) is 8.05. The Hall–Kier alpha value is -4.22. The molecule has 130 valence electrons. The van der Waals surface area contributed by atoms with Gasteiger partial charge in [-0.2, -0.15) is 4.98 Å². The Kier molecular flexibility index (Phi) is 5.15. The molecule has 0 unspecified atom stereocenters. The summed E-state index contributed by atoms with van der Waals surface area (Å²) in [6.07, 6.45) is 10.9. The summed E-state index contributed by atoms with van der Waals surface area (Å²) in [6, 6.07) is 1.52. The molecular formula is C14H13N11O. The zero-order valence-corrected chi connectivity index (χ0v) is 13.2. The fourth-order valence-corrected chi connectivity index (χ4v) is 1.77. The minimum Gasteiger partial charge on any atom is -0.383 e. The number of nitrogens with two attached hydrogens (primary N) is 1. The predicted molar refractivity (Wildman–Crippen MR) is 92.6 cm³/mol. The van der Waals surface area contributed by atoms with Crippen molar-refractivity contribution in [3.8, 4) is 0 Å². The summed E-state index contributed by atoms with van der Waals surface area (Å²) in [5.74, 6) is 0.244. The number of hydrogen-bond donors (Lipinski definition) is 4. The molecule has 0 amide bonds. The van der Waals surface area contributed by atoms with E-state index in [9.17, 15) is 4.79 Å². The van der Waals surface area contributed by atoms with Crippen LogP contribution in [0.5, 0.6) is 0 Å². The van der Waals surface area contributed by atoms with Crippen molar-refractivity contribution in [3.05, 3.63) is 60.5 Å². The summed E-state index contributed by atoms with van der Waals surface area (Å²) in [5, 5.41) is 0. The molecule has 0 saturated carbocycles. The van der Waals surface area contributed by atoms with E-state index in [1.807, 2.05) is 0 Å². The lowest BCUT2D eigenvalue weighted by atomic mass is 10.6. The van der Waals surface area contributed by atoms with Crippen LogP contribution in [0, 0.1) is 0 Å². The van der Waals surface area contributed by atoms with Crippen molar-refractivity contribution in [3.63, 3.8) is 0 Å². The van der Waals surface area contributed by atoms with E-state index in [0.29, 0.717) is 0 Å². The molecule has 0 saturated heterocycles.